The maximum Gasteiger partial charge on any atom is 0.221 e. The van der Waals surface area contributed by atoms with Gasteiger partial charge in [0.05, 0.1) is 0 Å². The molecule has 1 heterocycles. The molecule has 0 saturated carbocycles. The highest BCUT2D eigenvalue weighted by Crippen LogP contribution is 1.94. The monoisotopic (exact) mass is 156 g/mol. The second-order valence-corrected chi connectivity index (χ2v) is 1.66. The first-order valence-corrected chi connectivity index (χ1v) is 3.15. The van der Waals surface area contributed by atoms with Crippen LogP contribution in [0, 0.1) is 0 Å². The van der Waals surface area contributed by atoms with Crippen LogP contribution < -0.4 is 11.5 Å². The number of rotatable bonds is 0. The molecule has 0 fully saturated rings. The van der Waals surface area contributed by atoms with E-state index in [0.29, 0.717) is 5.82 Å². The van der Waals surface area contributed by atoms with Crippen molar-refractivity contribution in [1.82, 2.24) is 9.97 Å². The number of nitrogen functional groups attached to an aromatic ring is 2. The van der Waals surface area contributed by atoms with Crippen molar-refractivity contribution >= 4 is 11.8 Å². The minimum atomic E-state index is 0.213. The van der Waals surface area contributed by atoms with Crippen molar-refractivity contribution in [2.45, 2.75) is 6.92 Å². The maximum absolute atomic E-state index is 7.57. The smallest absolute Gasteiger partial charge is 0.221 e. The minimum Gasteiger partial charge on any atom is -0.397 e. The Morgan fingerprint density at radius 3 is 2.36 bits per heavy atom. The molecule has 0 unspecified atom stereocenters. The van der Waals surface area contributed by atoms with Crippen molar-refractivity contribution in [3.8, 4) is 0 Å². The fourth-order valence-electron chi connectivity index (χ4n) is 0.388. The first kappa shape index (κ1) is 9.64. The molecule has 1 aromatic heterocycles. The Labute approximate surface area is 65.1 Å². The second-order valence-electron chi connectivity index (χ2n) is 1.66. The zero-order valence-electron chi connectivity index (χ0n) is 6.36. The Balaban J connectivity index is 0.000000292. The number of hydrogen-bond donors (Lipinski definition) is 3. The number of anilines is 2. The summed E-state index contributed by atoms with van der Waals surface area (Å²) >= 11 is 0. The van der Waals surface area contributed by atoms with Gasteiger partial charge in [-0.25, -0.2) is 4.98 Å². The predicted molar refractivity (Wildman–Crippen MR) is 43.6 cm³/mol. The molecule has 5 N–H and O–H groups in total. The molecule has 11 heavy (non-hydrogen) atoms. The lowest BCUT2D eigenvalue weighted by molar-refractivity contribution is 0.318. The van der Waals surface area contributed by atoms with Gasteiger partial charge in [0.1, 0.15) is 5.82 Å². The highest BCUT2D eigenvalue weighted by molar-refractivity contribution is 5.31. The summed E-state index contributed by atoms with van der Waals surface area (Å²) in [6.07, 6.45) is 1.51. The van der Waals surface area contributed by atoms with E-state index in [1.54, 1.807) is 13.0 Å². The highest BCUT2D eigenvalue weighted by atomic mass is 16.2. The van der Waals surface area contributed by atoms with Gasteiger partial charge in [0, 0.05) is 12.8 Å². The van der Waals surface area contributed by atoms with Crippen LogP contribution in [-0.4, -0.2) is 21.7 Å². The second kappa shape index (κ2) is 5.43. The zero-order valence-corrected chi connectivity index (χ0v) is 6.36. The lowest BCUT2D eigenvalue weighted by Gasteiger charge is -1.89. The van der Waals surface area contributed by atoms with Crippen LogP contribution in [0.1, 0.15) is 6.92 Å². The summed E-state index contributed by atoms with van der Waals surface area (Å²) in [7, 11) is 0. The number of nitrogens with two attached hydrogens (primary N) is 2. The Kier molecular flexibility index (Phi) is 4.76. The van der Waals surface area contributed by atoms with Crippen molar-refractivity contribution in [2.75, 3.05) is 18.1 Å². The molecular formula is C6H12N4O. The van der Waals surface area contributed by atoms with Crippen LogP contribution in [0.25, 0.3) is 0 Å². The first-order valence-electron chi connectivity index (χ1n) is 3.15. The Hall–Kier alpha value is -1.36. The molecular weight excluding hydrogens is 144 g/mol. The third-order valence-electron chi connectivity index (χ3n) is 0.696. The average Bonchev–Trinajstić information content (AvgIpc) is 1.88. The molecule has 0 aliphatic carbocycles. The van der Waals surface area contributed by atoms with Gasteiger partial charge in [-0.05, 0) is 13.0 Å². The first-order chi connectivity index (χ1) is 5.20. The number of nitrogens with zero attached hydrogens (tertiary/aromatic N) is 2. The zero-order chi connectivity index (χ0) is 8.69. The summed E-state index contributed by atoms with van der Waals surface area (Å²) < 4.78 is 0. The van der Waals surface area contributed by atoms with E-state index in [2.05, 4.69) is 9.97 Å². The van der Waals surface area contributed by atoms with Gasteiger partial charge in [-0.3, -0.25) is 0 Å². The Morgan fingerprint density at radius 1 is 1.55 bits per heavy atom. The number of aliphatic hydroxyl groups is 1. The molecule has 0 amide bonds. The summed E-state index contributed by atoms with van der Waals surface area (Å²) in [5.74, 6) is 0.613. The van der Waals surface area contributed by atoms with Gasteiger partial charge in [0.25, 0.3) is 0 Å². The van der Waals surface area contributed by atoms with Crippen LogP contribution in [0.3, 0.4) is 0 Å². The molecule has 0 radical (unpaired) electrons. The standard InChI is InChI=1S/C4H6N4.C2H6O/c5-3-1-2-7-4(6)8-3;1-2-3/h1-2H,(H4,5,6,7,8);3H,2H2,1H3. The topological polar surface area (TPSA) is 98.0 Å². The van der Waals surface area contributed by atoms with Gasteiger partial charge >= 0.3 is 0 Å². The van der Waals surface area contributed by atoms with E-state index in [4.69, 9.17) is 16.6 Å². The van der Waals surface area contributed by atoms with Crippen molar-refractivity contribution < 1.29 is 5.11 Å². The molecule has 0 aromatic carbocycles. The summed E-state index contributed by atoms with van der Waals surface area (Å²) in [5, 5.41) is 7.57. The molecule has 62 valence electrons. The van der Waals surface area contributed by atoms with Crippen molar-refractivity contribution in [3.05, 3.63) is 12.3 Å². The molecule has 5 heteroatoms. The van der Waals surface area contributed by atoms with Gasteiger partial charge in [0.15, 0.2) is 0 Å². The summed E-state index contributed by atoms with van der Waals surface area (Å²) in [4.78, 5) is 7.24. The summed E-state index contributed by atoms with van der Waals surface area (Å²) in [5.41, 5.74) is 10.4. The van der Waals surface area contributed by atoms with Crippen LogP contribution in [0.2, 0.25) is 0 Å². The molecule has 0 spiro atoms. The van der Waals surface area contributed by atoms with E-state index in [0.717, 1.165) is 0 Å². The van der Waals surface area contributed by atoms with E-state index in [-0.39, 0.29) is 12.6 Å². The normalized spacial score (nSPS) is 8.18. The summed E-state index contributed by atoms with van der Waals surface area (Å²) in [6, 6.07) is 1.58. The van der Waals surface area contributed by atoms with E-state index < -0.39 is 0 Å². The third-order valence-corrected chi connectivity index (χ3v) is 0.696. The van der Waals surface area contributed by atoms with Gasteiger partial charge < -0.3 is 16.6 Å². The van der Waals surface area contributed by atoms with Gasteiger partial charge in [-0.2, -0.15) is 4.98 Å². The Morgan fingerprint density at radius 2 is 2.09 bits per heavy atom. The SMILES string of the molecule is CCO.Nc1ccnc(N)n1. The van der Waals surface area contributed by atoms with Crippen LogP contribution in [0.5, 0.6) is 0 Å². The average molecular weight is 156 g/mol. The lowest BCUT2D eigenvalue weighted by Crippen LogP contribution is -1.96. The Bertz CT molecular complexity index is 186. The van der Waals surface area contributed by atoms with Crippen molar-refractivity contribution in [1.29, 1.82) is 0 Å². The maximum atomic E-state index is 7.57. The number of aliphatic hydroxyl groups excluding tert-OH is 1. The van der Waals surface area contributed by atoms with E-state index in [1.165, 1.54) is 6.20 Å². The van der Waals surface area contributed by atoms with E-state index in [1.807, 2.05) is 0 Å². The van der Waals surface area contributed by atoms with E-state index >= 15 is 0 Å². The van der Waals surface area contributed by atoms with Crippen molar-refractivity contribution in [2.24, 2.45) is 0 Å². The summed E-state index contributed by atoms with van der Waals surface area (Å²) in [6.45, 7) is 1.93. The highest BCUT2D eigenvalue weighted by Gasteiger charge is 1.84. The molecule has 0 bridgehead atoms. The van der Waals surface area contributed by atoms with Gasteiger partial charge in [-0.15, -0.1) is 0 Å². The lowest BCUT2D eigenvalue weighted by atomic mass is 10.6. The van der Waals surface area contributed by atoms with Crippen LogP contribution >= 0.6 is 0 Å². The fraction of sp³-hybridized carbons (Fsp3) is 0.333. The van der Waals surface area contributed by atoms with Crippen LogP contribution in [-0.2, 0) is 0 Å². The fourth-order valence-corrected chi connectivity index (χ4v) is 0.388. The molecule has 1 aromatic rings. The minimum absolute atomic E-state index is 0.213. The molecule has 1 rings (SSSR count). The van der Waals surface area contributed by atoms with Crippen molar-refractivity contribution in [3.63, 3.8) is 0 Å². The third kappa shape index (κ3) is 5.10. The molecule has 0 saturated heterocycles. The number of hydrogen-bond acceptors (Lipinski definition) is 5. The van der Waals surface area contributed by atoms with Crippen LogP contribution in [0.15, 0.2) is 12.3 Å². The van der Waals surface area contributed by atoms with E-state index in [9.17, 15) is 0 Å². The van der Waals surface area contributed by atoms with Gasteiger partial charge in [-0.1, -0.05) is 0 Å². The largest absolute Gasteiger partial charge is 0.397 e. The predicted octanol–water partition coefficient (Wildman–Crippen LogP) is -0.360. The van der Waals surface area contributed by atoms with Gasteiger partial charge in [0.2, 0.25) is 5.95 Å². The molecule has 0 aliphatic rings. The molecule has 5 nitrogen and oxygen atoms in total. The van der Waals surface area contributed by atoms with Crippen LogP contribution in [0.4, 0.5) is 11.8 Å². The quantitative estimate of drug-likeness (QED) is 0.476. The molecule has 0 atom stereocenters. The number of aromatic nitrogens is 2. The molecule has 0 aliphatic heterocycles.